The summed E-state index contributed by atoms with van der Waals surface area (Å²) < 4.78 is 0. The first kappa shape index (κ1) is 9.43. The van der Waals surface area contributed by atoms with E-state index in [1.54, 1.807) is 0 Å². The molecule has 1 N–H and O–H groups in total. The van der Waals surface area contributed by atoms with Crippen LogP contribution >= 0.6 is 11.6 Å². The number of benzene rings is 2. The van der Waals surface area contributed by atoms with Crippen LogP contribution in [0.5, 0.6) is 0 Å². The largest absolute Gasteiger partial charge is 0.410 e. The molecular weight excluding hydrogens is 222 g/mol. The monoisotopic (exact) mass is 229 g/mol. The minimum Gasteiger partial charge on any atom is -0.410 e. The molecule has 2 aromatic carbocycles. The molecule has 0 fully saturated rings. The lowest BCUT2D eigenvalue weighted by Crippen LogP contribution is -1.97. The predicted molar refractivity (Wildman–Crippen MR) is 64.3 cm³/mol. The molecule has 78 valence electrons. The quantitative estimate of drug-likeness (QED) is 0.464. The predicted octanol–water partition coefficient (Wildman–Crippen LogP) is 3.55. The normalized spacial score (nSPS) is 14.9. The van der Waals surface area contributed by atoms with E-state index >= 15 is 0 Å². The maximum absolute atomic E-state index is 9.10. The Morgan fingerprint density at radius 1 is 0.875 bits per heavy atom. The summed E-state index contributed by atoms with van der Waals surface area (Å²) in [4.78, 5) is 0. The molecule has 0 aromatic heterocycles. The fourth-order valence-electron chi connectivity index (χ4n) is 2.12. The van der Waals surface area contributed by atoms with E-state index < -0.39 is 0 Å². The van der Waals surface area contributed by atoms with Crippen LogP contribution in [-0.2, 0) is 0 Å². The molecule has 1 aliphatic carbocycles. The number of hydrogen-bond donors (Lipinski definition) is 1. The van der Waals surface area contributed by atoms with E-state index in [0.29, 0.717) is 10.7 Å². The van der Waals surface area contributed by atoms with Gasteiger partial charge in [-0.25, -0.2) is 0 Å². The van der Waals surface area contributed by atoms with Gasteiger partial charge in [-0.15, -0.1) is 0 Å². The van der Waals surface area contributed by atoms with Crippen LogP contribution in [0.2, 0.25) is 5.02 Å². The number of rotatable bonds is 0. The van der Waals surface area contributed by atoms with Crippen LogP contribution in [-0.4, -0.2) is 10.9 Å². The zero-order valence-electron chi connectivity index (χ0n) is 8.31. The zero-order valence-corrected chi connectivity index (χ0v) is 9.07. The second-order valence-electron chi connectivity index (χ2n) is 3.68. The summed E-state index contributed by atoms with van der Waals surface area (Å²) in [7, 11) is 0. The van der Waals surface area contributed by atoms with E-state index in [-0.39, 0.29) is 0 Å². The van der Waals surface area contributed by atoms with Crippen LogP contribution in [0, 0.1) is 0 Å². The third kappa shape index (κ3) is 1.17. The van der Waals surface area contributed by atoms with Gasteiger partial charge >= 0.3 is 0 Å². The molecule has 2 aromatic rings. The third-order valence-electron chi connectivity index (χ3n) is 2.81. The Labute approximate surface area is 97.8 Å². The molecular formula is C13H8ClNO. The van der Waals surface area contributed by atoms with Crippen molar-refractivity contribution in [1.29, 1.82) is 0 Å². The van der Waals surface area contributed by atoms with E-state index in [9.17, 15) is 0 Å². The highest BCUT2D eigenvalue weighted by Crippen LogP contribution is 2.37. The molecule has 0 amide bonds. The molecule has 16 heavy (non-hydrogen) atoms. The molecule has 0 bridgehead atoms. The average Bonchev–Trinajstić information content (AvgIpc) is 2.61. The third-order valence-corrected chi connectivity index (χ3v) is 3.04. The van der Waals surface area contributed by atoms with Crippen molar-refractivity contribution in [2.45, 2.75) is 0 Å². The second kappa shape index (κ2) is 3.35. The van der Waals surface area contributed by atoms with Gasteiger partial charge in [0.25, 0.3) is 0 Å². The van der Waals surface area contributed by atoms with Gasteiger partial charge in [-0.3, -0.25) is 0 Å². The first-order valence-corrected chi connectivity index (χ1v) is 5.31. The van der Waals surface area contributed by atoms with Gasteiger partial charge in [-0.05, 0) is 23.3 Å². The number of fused-ring (bicyclic) bond motifs is 3. The van der Waals surface area contributed by atoms with E-state index in [4.69, 9.17) is 16.8 Å². The molecule has 0 unspecified atom stereocenters. The Bertz CT molecular complexity index is 605. The van der Waals surface area contributed by atoms with Crippen LogP contribution in [0.3, 0.4) is 0 Å². The fourth-order valence-corrected chi connectivity index (χ4v) is 2.30. The Balaban J connectivity index is 2.39. The zero-order chi connectivity index (χ0) is 11.1. The van der Waals surface area contributed by atoms with Crippen LogP contribution in [0.1, 0.15) is 11.1 Å². The lowest BCUT2D eigenvalue weighted by molar-refractivity contribution is 0.320. The fraction of sp³-hybridized carbons (Fsp3) is 0. The minimum atomic E-state index is 0.591. The molecule has 0 radical (unpaired) electrons. The molecule has 1 aliphatic rings. The Morgan fingerprint density at radius 2 is 1.56 bits per heavy atom. The van der Waals surface area contributed by atoms with Crippen molar-refractivity contribution >= 4 is 17.3 Å². The summed E-state index contributed by atoms with van der Waals surface area (Å²) in [5.41, 5.74) is 4.57. The number of nitrogens with zero attached hydrogens (tertiary/aromatic N) is 1. The number of oxime groups is 1. The summed E-state index contributed by atoms with van der Waals surface area (Å²) in [6, 6.07) is 13.5. The van der Waals surface area contributed by atoms with Gasteiger partial charge in [0, 0.05) is 16.1 Å². The molecule has 0 spiro atoms. The molecule has 0 heterocycles. The average molecular weight is 230 g/mol. The summed E-state index contributed by atoms with van der Waals surface area (Å²) in [5.74, 6) is 0. The number of hydrogen-bond acceptors (Lipinski definition) is 2. The summed E-state index contributed by atoms with van der Waals surface area (Å²) in [6.45, 7) is 0. The Hall–Kier alpha value is -1.80. The van der Waals surface area contributed by atoms with E-state index in [0.717, 1.165) is 22.3 Å². The van der Waals surface area contributed by atoms with Gasteiger partial charge in [0.2, 0.25) is 0 Å². The van der Waals surface area contributed by atoms with E-state index in [1.807, 2.05) is 42.5 Å². The molecule has 0 aliphatic heterocycles. The van der Waals surface area contributed by atoms with Crippen molar-refractivity contribution in [1.82, 2.24) is 0 Å². The minimum absolute atomic E-state index is 0.591. The number of halogens is 1. The van der Waals surface area contributed by atoms with Gasteiger partial charge in [0.1, 0.15) is 5.71 Å². The van der Waals surface area contributed by atoms with E-state index in [2.05, 4.69) is 5.16 Å². The molecule has 3 rings (SSSR count). The first-order chi connectivity index (χ1) is 7.81. The lowest BCUT2D eigenvalue weighted by atomic mass is 10.1. The topological polar surface area (TPSA) is 32.6 Å². The molecule has 0 saturated heterocycles. The van der Waals surface area contributed by atoms with Gasteiger partial charge in [0.15, 0.2) is 0 Å². The van der Waals surface area contributed by atoms with Crippen molar-refractivity contribution in [3.8, 4) is 11.1 Å². The van der Waals surface area contributed by atoms with E-state index in [1.165, 1.54) is 0 Å². The standard InChI is InChI=1S/C13H8ClNO/c14-8-5-6-10-9-3-1-2-4-11(9)13(15-16)12(10)7-8/h1-7,16H/b15-13-. The van der Waals surface area contributed by atoms with Crippen LogP contribution in [0.4, 0.5) is 0 Å². The maximum atomic E-state index is 9.10. The Kier molecular flexibility index (Phi) is 1.98. The molecule has 2 nitrogen and oxygen atoms in total. The van der Waals surface area contributed by atoms with Crippen molar-refractivity contribution in [3.63, 3.8) is 0 Å². The smallest absolute Gasteiger partial charge is 0.118 e. The van der Waals surface area contributed by atoms with Gasteiger partial charge < -0.3 is 5.21 Å². The van der Waals surface area contributed by atoms with Crippen molar-refractivity contribution < 1.29 is 5.21 Å². The maximum Gasteiger partial charge on any atom is 0.118 e. The van der Waals surface area contributed by atoms with Gasteiger partial charge in [-0.1, -0.05) is 47.1 Å². The van der Waals surface area contributed by atoms with Crippen LogP contribution in [0.25, 0.3) is 11.1 Å². The molecule has 0 atom stereocenters. The summed E-state index contributed by atoms with van der Waals surface area (Å²) in [5, 5.41) is 13.1. The summed E-state index contributed by atoms with van der Waals surface area (Å²) >= 11 is 5.95. The molecule has 0 saturated carbocycles. The van der Waals surface area contributed by atoms with Crippen LogP contribution < -0.4 is 0 Å². The van der Waals surface area contributed by atoms with Crippen molar-refractivity contribution in [2.75, 3.05) is 0 Å². The highest BCUT2D eigenvalue weighted by molar-refractivity contribution is 6.32. The SMILES string of the molecule is O/N=C1/c2ccccc2-c2ccc(Cl)cc21. The highest BCUT2D eigenvalue weighted by atomic mass is 35.5. The van der Waals surface area contributed by atoms with Crippen LogP contribution in [0.15, 0.2) is 47.6 Å². The first-order valence-electron chi connectivity index (χ1n) is 4.93. The molecule has 3 heteroatoms. The van der Waals surface area contributed by atoms with Gasteiger partial charge in [0.05, 0.1) is 0 Å². The van der Waals surface area contributed by atoms with Gasteiger partial charge in [-0.2, -0.15) is 0 Å². The van der Waals surface area contributed by atoms with Crippen molar-refractivity contribution in [2.24, 2.45) is 5.16 Å². The summed E-state index contributed by atoms with van der Waals surface area (Å²) in [6.07, 6.45) is 0. The Morgan fingerprint density at radius 3 is 2.31 bits per heavy atom. The van der Waals surface area contributed by atoms with Crippen molar-refractivity contribution in [3.05, 3.63) is 58.6 Å². The second-order valence-corrected chi connectivity index (χ2v) is 4.12. The highest BCUT2D eigenvalue weighted by Gasteiger charge is 2.24. The lowest BCUT2D eigenvalue weighted by Gasteiger charge is -1.99.